The number of amides is 3. The van der Waals surface area contributed by atoms with Gasteiger partial charge in [-0.15, -0.1) is 0 Å². The second-order valence-corrected chi connectivity index (χ2v) is 6.63. The number of hydrogen-bond acceptors (Lipinski definition) is 4. The van der Waals surface area contributed by atoms with Crippen molar-refractivity contribution in [3.8, 4) is 5.75 Å². The van der Waals surface area contributed by atoms with Crippen LogP contribution in [0, 0.1) is 6.92 Å². The van der Waals surface area contributed by atoms with Crippen LogP contribution in [0.1, 0.15) is 32.8 Å². The summed E-state index contributed by atoms with van der Waals surface area (Å²) in [5.74, 6) is 0.822. The molecule has 0 saturated heterocycles. The first-order chi connectivity index (χ1) is 11.8. The third-order valence-corrected chi connectivity index (χ3v) is 2.98. The van der Waals surface area contributed by atoms with E-state index in [0.29, 0.717) is 32.7 Å². The van der Waals surface area contributed by atoms with Crippen LogP contribution in [0.15, 0.2) is 24.3 Å². The van der Waals surface area contributed by atoms with Gasteiger partial charge in [-0.05, 0) is 46.2 Å². The average molecular weight is 351 g/mol. The summed E-state index contributed by atoms with van der Waals surface area (Å²) in [6.07, 6.45) is 0.209. The van der Waals surface area contributed by atoms with Gasteiger partial charge < -0.3 is 25.4 Å². The molecule has 25 heavy (non-hydrogen) atoms. The van der Waals surface area contributed by atoms with Crippen molar-refractivity contribution in [2.75, 3.05) is 26.2 Å². The monoisotopic (exact) mass is 351 g/mol. The average Bonchev–Trinajstić information content (AvgIpc) is 2.51. The first-order valence-electron chi connectivity index (χ1n) is 8.44. The van der Waals surface area contributed by atoms with Crippen LogP contribution < -0.4 is 20.7 Å². The summed E-state index contributed by atoms with van der Waals surface area (Å²) in [6, 6.07) is 7.56. The lowest BCUT2D eigenvalue weighted by atomic mass is 10.2. The molecule has 3 amide bonds. The highest BCUT2D eigenvalue weighted by Gasteiger charge is 2.15. The predicted octanol–water partition coefficient (Wildman–Crippen LogP) is 2.59. The number of aryl methyl sites for hydroxylation is 1. The molecule has 0 aliphatic heterocycles. The van der Waals surface area contributed by atoms with E-state index in [0.717, 1.165) is 5.75 Å². The Morgan fingerprint density at radius 3 is 2.20 bits per heavy atom. The lowest BCUT2D eigenvalue weighted by Gasteiger charge is -2.19. The Kier molecular flexibility index (Phi) is 8.60. The summed E-state index contributed by atoms with van der Waals surface area (Å²) in [6.45, 7) is 9.07. The van der Waals surface area contributed by atoms with Crippen molar-refractivity contribution < 1.29 is 19.1 Å². The normalized spacial score (nSPS) is 10.7. The highest BCUT2D eigenvalue weighted by Crippen LogP contribution is 2.11. The molecule has 0 unspecified atom stereocenters. The number of rotatable bonds is 8. The van der Waals surface area contributed by atoms with Crippen molar-refractivity contribution in [2.24, 2.45) is 0 Å². The maximum Gasteiger partial charge on any atom is 0.407 e. The lowest BCUT2D eigenvalue weighted by Crippen LogP contribution is -2.41. The zero-order valence-electron chi connectivity index (χ0n) is 15.5. The Labute approximate surface area is 149 Å². The van der Waals surface area contributed by atoms with E-state index in [-0.39, 0.29) is 6.03 Å². The molecule has 0 fully saturated rings. The molecule has 3 N–H and O–H groups in total. The molecule has 0 spiro atoms. The first-order valence-corrected chi connectivity index (χ1v) is 8.44. The van der Waals surface area contributed by atoms with Gasteiger partial charge in [0, 0.05) is 19.6 Å². The van der Waals surface area contributed by atoms with Crippen molar-refractivity contribution >= 4 is 12.1 Å². The number of ether oxygens (including phenoxy) is 2. The highest BCUT2D eigenvalue weighted by atomic mass is 16.6. The van der Waals surface area contributed by atoms with E-state index in [1.165, 1.54) is 5.56 Å². The van der Waals surface area contributed by atoms with Crippen LogP contribution in [-0.2, 0) is 4.74 Å². The number of benzene rings is 1. The molecule has 0 aliphatic rings. The number of hydrogen-bond donors (Lipinski definition) is 3. The van der Waals surface area contributed by atoms with Gasteiger partial charge in [0.2, 0.25) is 0 Å². The SMILES string of the molecule is Cc1ccc(OCCCNC(=O)NCCNC(=O)OC(C)(C)C)cc1. The summed E-state index contributed by atoms with van der Waals surface area (Å²) in [5, 5.41) is 7.95. The minimum absolute atomic E-state index is 0.277. The molecule has 0 aliphatic carbocycles. The number of urea groups is 1. The molecule has 7 heteroatoms. The number of carbonyl (C=O) groups excluding carboxylic acids is 2. The molecule has 0 saturated carbocycles. The molecule has 1 aromatic carbocycles. The van der Waals surface area contributed by atoms with E-state index in [1.54, 1.807) is 20.8 Å². The Balaban J connectivity index is 2.00. The van der Waals surface area contributed by atoms with Crippen molar-refractivity contribution in [2.45, 2.75) is 39.7 Å². The lowest BCUT2D eigenvalue weighted by molar-refractivity contribution is 0.0528. The van der Waals surface area contributed by atoms with Crippen molar-refractivity contribution in [1.29, 1.82) is 0 Å². The van der Waals surface area contributed by atoms with E-state index < -0.39 is 11.7 Å². The molecular formula is C18H29N3O4. The Morgan fingerprint density at radius 1 is 0.960 bits per heavy atom. The Bertz CT molecular complexity index is 538. The van der Waals surface area contributed by atoms with Gasteiger partial charge in [-0.3, -0.25) is 0 Å². The van der Waals surface area contributed by atoms with Gasteiger partial charge in [0.25, 0.3) is 0 Å². The minimum atomic E-state index is -0.532. The van der Waals surface area contributed by atoms with Crippen molar-refractivity contribution in [3.05, 3.63) is 29.8 Å². The van der Waals surface area contributed by atoms with Crippen LogP contribution in [0.2, 0.25) is 0 Å². The molecule has 1 rings (SSSR count). The molecule has 7 nitrogen and oxygen atoms in total. The van der Waals surface area contributed by atoms with Gasteiger partial charge in [0.15, 0.2) is 0 Å². The fourth-order valence-electron chi connectivity index (χ4n) is 1.82. The smallest absolute Gasteiger partial charge is 0.407 e. The van der Waals surface area contributed by atoms with Gasteiger partial charge in [-0.1, -0.05) is 17.7 Å². The number of nitrogens with one attached hydrogen (secondary N) is 3. The van der Waals surface area contributed by atoms with Crippen LogP contribution in [0.5, 0.6) is 5.75 Å². The largest absolute Gasteiger partial charge is 0.494 e. The van der Waals surface area contributed by atoms with Gasteiger partial charge in [-0.2, -0.15) is 0 Å². The molecule has 0 aromatic heterocycles. The fraction of sp³-hybridized carbons (Fsp3) is 0.556. The van der Waals surface area contributed by atoms with E-state index in [2.05, 4.69) is 16.0 Å². The van der Waals surface area contributed by atoms with Crippen LogP contribution in [0.3, 0.4) is 0 Å². The third kappa shape index (κ3) is 10.9. The summed E-state index contributed by atoms with van der Waals surface area (Å²) in [7, 11) is 0. The minimum Gasteiger partial charge on any atom is -0.494 e. The number of alkyl carbamates (subject to hydrolysis) is 1. The quantitative estimate of drug-likeness (QED) is 0.628. The first kappa shape index (κ1) is 20.6. The zero-order chi connectivity index (χ0) is 18.7. The third-order valence-electron chi connectivity index (χ3n) is 2.98. The molecule has 140 valence electrons. The summed E-state index contributed by atoms with van der Waals surface area (Å²) in [4.78, 5) is 23.0. The van der Waals surface area contributed by atoms with Gasteiger partial charge in [0.05, 0.1) is 6.61 Å². The van der Waals surface area contributed by atoms with E-state index in [1.807, 2.05) is 31.2 Å². The summed E-state index contributed by atoms with van der Waals surface area (Å²) in [5.41, 5.74) is 0.655. The Hall–Kier alpha value is -2.44. The highest BCUT2D eigenvalue weighted by molar-refractivity contribution is 5.73. The number of carbonyl (C=O) groups is 2. The molecular weight excluding hydrogens is 322 g/mol. The van der Waals surface area contributed by atoms with Gasteiger partial charge >= 0.3 is 12.1 Å². The van der Waals surface area contributed by atoms with E-state index in [4.69, 9.17) is 9.47 Å². The molecule has 0 atom stereocenters. The van der Waals surface area contributed by atoms with Crippen LogP contribution in [0.4, 0.5) is 9.59 Å². The van der Waals surface area contributed by atoms with Crippen LogP contribution in [0.25, 0.3) is 0 Å². The second kappa shape index (κ2) is 10.4. The predicted molar refractivity (Wildman–Crippen MR) is 96.9 cm³/mol. The fourth-order valence-corrected chi connectivity index (χ4v) is 1.82. The van der Waals surface area contributed by atoms with Crippen LogP contribution >= 0.6 is 0 Å². The van der Waals surface area contributed by atoms with Crippen molar-refractivity contribution in [3.63, 3.8) is 0 Å². The van der Waals surface area contributed by atoms with E-state index in [9.17, 15) is 9.59 Å². The Morgan fingerprint density at radius 2 is 1.56 bits per heavy atom. The maximum absolute atomic E-state index is 11.6. The molecule has 0 heterocycles. The summed E-state index contributed by atoms with van der Waals surface area (Å²) >= 11 is 0. The van der Waals surface area contributed by atoms with Gasteiger partial charge in [-0.25, -0.2) is 9.59 Å². The topological polar surface area (TPSA) is 88.7 Å². The van der Waals surface area contributed by atoms with E-state index >= 15 is 0 Å². The standard InChI is InChI=1S/C18H29N3O4/c1-14-6-8-15(9-7-14)24-13-5-10-19-16(22)20-11-12-21-17(23)25-18(2,3)4/h6-9H,5,10-13H2,1-4H3,(H,21,23)(H2,19,20,22). The maximum atomic E-state index is 11.6. The summed E-state index contributed by atoms with van der Waals surface area (Å²) < 4.78 is 10.7. The second-order valence-electron chi connectivity index (χ2n) is 6.63. The van der Waals surface area contributed by atoms with Crippen LogP contribution in [-0.4, -0.2) is 44.0 Å². The van der Waals surface area contributed by atoms with Gasteiger partial charge in [0.1, 0.15) is 11.4 Å². The zero-order valence-corrected chi connectivity index (χ0v) is 15.5. The molecule has 0 radical (unpaired) electrons. The molecule has 0 bridgehead atoms. The molecule has 1 aromatic rings. The van der Waals surface area contributed by atoms with Crippen molar-refractivity contribution in [1.82, 2.24) is 16.0 Å².